The van der Waals surface area contributed by atoms with Crippen LogP contribution in [0.1, 0.15) is 22.3 Å². The number of nitro benzene ring substituents is 1. The lowest BCUT2D eigenvalue weighted by Gasteiger charge is -2.15. The van der Waals surface area contributed by atoms with Gasteiger partial charge < -0.3 is 14.6 Å². The number of amides is 2. The number of carbonyl (C=O) groups is 3. The zero-order valence-electron chi connectivity index (χ0n) is 17.5. The molecule has 1 fully saturated rings. The van der Waals surface area contributed by atoms with E-state index in [4.69, 9.17) is 26.8 Å². The van der Waals surface area contributed by atoms with Gasteiger partial charge in [-0.15, -0.1) is 0 Å². The fourth-order valence-electron chi connectivity index (χ4n) is 2.84. The Bertz CT molecular complexity index is 1210. The molecule has 176 valence electrons. The van der Waals surface area contributed by atoms with Crippen LogP contribution in [0.25, 0.3) is 6.08 Å². The Morgan fingerprint density at radius 3 is 2.68 bits per heavy atom. The van der Waals surface area contributed by atoms with Crippen molar-refractivity contribution in [2.24, 2.45) is 0 Å². The molecule has 1 aliphatic heterocycles. The molecule has 0 aromatic heterocycles. The maximum absolute atomic E-state index is 12.8. The van der Waals surface area contributed by atoms with Crippen molar-refractivity contribution in [3.8, 4) is 11.5 Å². The smallest absolute Gasteiger partial charge is 0.306 e. The fraction of sp³-hybridized carbons (Fsp3) is 0.143. The maximum atomic E-state index is 12.8. The summed E-state index contributed by atoms with van der Waals surface area (Å²) < 4.78 is 10.7. The molecule has 1 heterocycles. The highest BCUT2D eigenvalue weighted by atomic mass is 32.2. The fourth-order valence-corrected chi connectivity index (χ4v) is 4.02. The second kappa shape index (κ2) is 10.8. The molecule has 0 atom stereocenters. The van der Waals surface area contributed by atoms with Crippen LogP contribution in [0.2, 0.25) is 0 Å². The van der Waals surface area contributed by atoms with Gasteiger partial charge in [0.1, 0.15) is 5.56 Å². The van der Waals surface area contributed by atoms with Crippen LogP contribution >= 0.6 is 24.0 Å². The third-order valence-electron chi connectivity index (χ3n) is 4.41. The number of hydrogen-bond acceptors (Lipinski definition) is 9. The number of para-hydroxylation sites is 1. The van der Waals surface area contributed by atoms with Crippen LogP contribution in [0.5, 0.6) is 11.5 Å². The van der Waals surface area contributed by atoms with Gasteiger partial charge in [0.2, 0.25) is 0 Å². The number of thioether (sulfide) groups is 1. The van der Waals surface area contributed by atoms with Crippen molar-refractivity contribution < 1.29 is 33.9 Å². The lowest BCUT2D eigenvalue weighted by Crippen LogP contribution is -2.45. The minimum absolute atomic E-state index is 0.0387. The highest BCUT2D eigenvalue weighted by Crippen LogP contribution is 2.34. The highest BCUT2D eigenvalue weighted by Gasteiger charge is 2.34. The number of ether oxygens (including phenoxy) is 2. The van der Waals surface area contributed by atoms with E-state index in [0.29, 0.717) is 17.1 Å². The van der Waals surface area contributed by atoms with Gasteiger partial charge in [0.15, 0.2) is 15.8 Å². The van der Waals surface area contributed by atoms with Gasteiger partial charge in [-0.1, -0.05) is 30.0 Å². The molecule has 0 bridgehead atoms. The van der Waals surface area contributed by atoms with Crippen molar-refractivity contribution in [1.82, 2.24) is 10.4 Å². The average Bonchev–Trinajstić information content (AvgIpc) is 3.06. The van der Waals surface area contributed by atoms with E-state index in [1.54, 1.807) is 18.2 Å². The number of hydrazine groups is 1. The predicted octanol–water partition coefficient (Wildman–Crippen LogP) is 3.00. The molecule has 1 aliphatic rings. The van der Waals surface area contributed by atoms with Crippen molar-refractivity contribution >= 4 is 57.8 Å². The molecule has 34 heavy (non-hydrogen) atoms. The van der Waals surface area contributed by atoms with Gasteiger partial charge in [-0.05, 0) is 42.1 Å². The number of carbonyl (C=O) groups excluding carboxylic acids is 2. The number of carboxylic acid groups (broad SMARTS) is 1. The first-order valence-electron chi connectivity index (χ1n) is 9.56. The molecular formula is C21H17N3O8S2. The summed E-state index contributed by atoms with van der Waals surface area (Å²) in [5.41, 5.74) is 2.26. The Balaban J connectivity index is 1.76. The number of rotatable bonds is 9. The van der Waals surface area contributed by atoms with E-state index in [0.717, 1.165) is 16.8 Å². The highest BCUT2D eigenvalue weighted by molar-refractivity contribution is 8.26. The summed E-state index contributed by atoms with van der Waals surface area (Å²) in [6.07, 6.45) is 1.35. The Morgan fingerprint density at radius 2 is 2.00 bits per heavy atom. The average molecular weight is 504 g/mol. The maximum Gasteiger partial charge on any atom is 0.306 e. The number of nitrogens with one attached hydrogen (secondary N) is 1. The molecule has 0 saturated carbocycles. The summed E-state index contributed by atoms with van der Waals surface area (Å²) in [6, 6.07) is 10.1. The van der Waals surface area contributed by atoms with Crippen molar-refractivity contribution in [1.29, 1.82) is 0 Å². The number of methoxy groups -OCH3 is 1. The second-order valence-electron chi connectivity index (χ2n) is 6.63. The quantitative estimate of drug-likeness (QED) is 0.226. The molecule has 0 unspecified atom stereocenters. The molecule has 2 amide bonds. The van der Waals surface area contributed by atoms with Crippen LogP contribution in [-0.2, 0) is 9.59 Å². The Morgan fingerprint density at radius 1 is 1.26 bits per heavy atom. The minimum Gasteiger partial charge on any atom is -0.493 e. The van der Waals surface area contributed by atoms with E-state index in [-0.39, 0.29) is 27.8 Å². The van der Waals surface area contributed by atoms with Gasteiger partial charge in [-0.3, -0.25) is 29.9 Å². The monoisotopic (exact) mass is 503 g/mol. The largest absolute Gasteiger partial charge is 0.493 e. The SMILES string of the molecule is COc1cc(/C=C2/SC(=S)N(NC(=O)c3ccccc3[N+](=O)[O-])C2=O)ccc1OCCC(=O)O. The topological polar surface area (TPSA) is 148 Å². The molecule has 0 spiro atoms. The van der Waals surface area contributed by atoms with Gasteiger partial charge in [0, 0.05) is 6.07 Å². The second-order valence-corrected chi connectivity index (χ2v) is 8.31. The number of thiocarbonyl (C=S) groups is 1. The summed E-state index contributed by atoms with van der Waals surface area (Å²) in [4.78, 5) is 46.7. The van der Waals surface area contributed by atoms with Crippen molar-refractivity contribution in [2.45, 2.75) is 6.42 Å². The van der Waals surface area contributed by atoms with E-state index in [1.807, 2.05) is 0 Å². The zero-order chi connectivity index (χ0) is 24.8. The zero-order valence-corrected chi connectivity index (χ0v) is 19.2. The van der Waals surface area contributed by atoms with E-state index in [2.05, 4.69) is 5.43 Å². The van der Waals surface area contributed by atoms with Crippen LogP contribution in [0, 0.1) is 10.1 Å². The Labute approximate surface area is 202 Å². The van der Waals surface area contributed by atoms with E-state index in [9.17, 15) is 24.5 Å². The van der Waals surface area contributed by atoms with Gasteiger partial charge in [0.05, 0.1) is 30.0 Å². The summed E-state index contributed by atoms with van der Waals surface area (Å²) >= 11 is 6.13. The first-order valence-corrected chi connectivity index (χ1v) is 10.8. The summed E-state index contributed by atoms with van der Waals surface area (Å²) in [5, 5.41) is 20.7. The Hall–Kier alpha value is -3.97. The minimum atomic E-state index is -0.994. The number of nitro groups is 1. The molecule has 0 radical (unpaired) electrons. The summed E-state index contributed by atoms with van der Waals surface area (Å²) in [7, 11) is 1.42. The number of aliphatic carboxylic acids is 1. The lowest BCUT2D eigenvalue weighted by molar-refractivity contribution is -0.385. The molecule has 0 aliphatic carbocycles. The molecule has 2 aromatic carbocycles. The van der Waals surface area contributed by atoms with Gasteiger partial charge in [0.25, 0.3) is 17.5 Å². The van der Waals surface area contributed by atoms with Crippen LogP contribution in [0.15, 0.2) is 47.4 Å². The number of nitrogens with zero attached hydrogens (tertiary/aromatic N) is 2. The van der Waals surface area contributed by atoms with E-state index < -0.39 is 28.4 Å². The molecule has 3 rings (SSSR count). The molecule has 2 N–H and O–H groups in total. The first kappa shape index (κ1) is 24.7. The van der Waals surface area contributed by atoms with Crippen LogP contribution < -0.4 is 14.9 Å². The van der Waals surface area contributed by atoms with E-state index in [1.165, 1.54) is 37.5 Å². The number of hydrogen-bond donors (Lipinski definition) is 2. The molecule has 11 nitrogen and oxygen atoms in total. The Kier molecular flexibility index (Phi) is 7.81. The van der Waals surface area contributed by atoms with Crippen LogP contribution in [0.4, 0.5) is 5.69 Å². The molecule has 2 aromatic rings. The normalized spacial score (nSPS) is 14.3. The van der Waals surface area contributed by atoms with Gasteiger partial charge in [-0.25, -0.2) is 0 Å². The van der Waals surface area contributed by atoms with Crippen molar-refractivity contribution in [3.63, 3.8) is 0 Å². The predicted molar refractivity (Wildman–Crippen MR) is 126 cm³/mol. The van der Waals surface area contributed by atoms with Crippen LogP contribution in [-0.4, -0.2) is 50.9 Å². The third-order valence-corrected chi connectivity index (χ3v) is 5.71. The van der Waals surface area contributed by atoms with E-state index >= 15 is 0 Å². The van der Waals surface area contributed by atoms with Gasteiger partial charge in [-0.2, -0.15) is 5.01 Å². The van der Waals surface area contributed by atoms with Gasteiger partial charge >= 0.3 is 5.97 Å². The van der Waals surface area contributed by atoms with Crippen molar-refractivity contribution in [2.75, 3.05) is 13.7 Å². The molecular weight excluding hydrogens is 486 g/mol. The number of benzene rings is 2. The van der Waals surface area contributed by atoms with Crippen LogP contribution in [0.3, 0.4) is 0 Å². The van der Waals surface area contributed by atoms with Crippen molar-refractivity contribution in [3.05, 3.63) is 68.6 Å². The lowest BCUT2D eigenvalue weighted by atomic mass is 10.1. The number of carboxylic acids is 1. The first-order chi connectivity index (χ1) is 16.2. The summed E-state index contributed by atoms with van der Waals surface area (Å²) in [5.74, 6) is -1.78. The molecule has 1 saturated heterocycles. The third kappa shape index (κ3) is 5.68. The standard InChI is InChI=1S/C21H17N3O8S2/c1-31-16-10-12(6-7-15(16)32-9-8-18(25)26)11-17-20(28)23(21(33)34-17)22-19(27)13-4-2-3-5-14(13)24(29)30/h2-7,10-11H,8-9H2,1H3,(H,22,27)(H,25,26)/b17-11+. The molecule has 13 heteroatoms. The summed E-state index contributed by atoms with van der Waals surface area (Å²) in [6.45, 7) is -0.0387.